The maximum Gasteiger partial charge on any atom is 0.271 e. The number of carbonyl (C=O) groups is 2. The van der Waals surface area contributed by atoms with Crippen molar-refractivity contribution >= 4 is 57.4 Å². The lowest BCUT2D eigenvalue weighted by Crippen LogP contribution is -2.28. The van der Waals surface area contributed by atoms with Crippen LogP contribution in [0.15, 0.2) is 41.4 Å². The predicted molar refractivity (Wildman–Crippen MR) is 115 cm³/mol. The molecule has 0 aromatic heterocycles. The lowest BCUT2D eigenvalue weighted by atomic mass is 10.2. The summed E-state index contributed by atoms with van der Waals surface area (Å²) < 4.78 is 11.0. The third-order valence-electron chi connectivity index (χ3n) is 4.34. The van der Waals surface area contributed by atoms with Crippen LogP contribution >= 0.6 is 23.4 Å². The predicted octanol–water partition coefficient (Wildman–Crippen LogP) is 3.27. The number of non-ortho nitro benzene ring substituents is 1. The number of rotatable bonds is 5. The lowest BCUT2D eigenvalue weighted by molar-refractivity contribution is -0.384. The molecule has 2 aliphatic heterocycles. The Hall–Kier alpha value is -3.31. The number of anilines is 1. The fraction of sp³-hybridized carbons (Fsp3) is 0.211. The zero-order chi connectivity index (χ0) is 22.0. The molecule has 12 heteroatoms. The second-order valence-electron chi connectivity index (χ2n) is 6.51. The first kappa shape index (κ1) is 20.9. The summed E-state index contributed by atoms with van der Waals surface area (Å²) in [6.07, 6.45) is -0.157. The van der Waals surface area contributed by atoms with Crippen molar-refractivity contribution in [3.05, 3.63) is 51.5 Å². The van der Waals surface area contributed by atoms with Gasteiger partial charge < -0.3 is 20.1 Å². The number of thioether (sulfide) groups is 1. The average molecular weight is 463 g/mol. The molecule has 2 aromatic carbocycles. The maximum atomic E-state index is 12.4. The van der Waals surface area contributed by atoms with Gasteiger partial charge in [0.05, 0.1) is 21.3 Å². The van der Waals surface area contributed by atoms with Gasteiger partial charge >= 0.3 is 0 Å². The Bertz CT molecular complexity index is 1110. The van der Waals surface area contributed by atoms with Crippen LogP contribution in [0.1, 0.15) is 6.42 Å². The fourth-order valence-corrected chi connectivity index (χ4v) is 4.06. The van der Waals surface area contributed by atoms with Crippen LogP contribution in [0.2, 0.25) is 5.02 Å². The number of benzene rings is 2. The lowest BCUT2D eigenvalue weighted by Gasteiger charge is -2.18. The molecule has 0 unspecified atom stereocenters. The van der Waals surface area contributed by atoms with Crippen molar-refractivity contribution in [2.75, 3.05) is 18.5 Å². The molecule has 0 bridgehead atoms. The van der Waals surface area contributed by atoms with Gasteiger partial charge in [-0.3, -0.25) is 19.7 Å². The summed E-state index contributed by atoms with van der Waals surface area (Å²) in [5.74, 6) is 0.345. The van der Waals surface area contributed by atoms with Crippen LogP contribution in [0, 0.1) is 10.1 Å². The number of amides is 2. The van der Waals surface area contributed by atoms with Crippen LogP contribution in [0.4, 0.5) is 17.1 Å². The fourth-order valence-electron chi connectivity index (χ4n) is 2.90. The molecule has 2 aromatic rings. The quantitative estimate of drug-likeness (QED) is 0.514. The van der Waals surface area contributed by atoms with Gasteiger partial charge in [0, 0.05) is 24.6 Å². The van der Waals surface area contributed by atoms with Crippen LogP contribution < -0.4 is 20.1 Å². The summed E-state index contributed by atoms with van der Waals surface area (Å²) in [7, 11) is 0. The van der Waals surface area contributed by atoms with E-state index in [1.54, 1.807) is 18.2 Å². The van der Waals surface area contributed by atoms with E-state index in [-0.39, 0.29) is 28.7 Å². The highest BCUT2D eigenvalue weighted by molar-refractivity contribution is 8.15. The molecule has 1 saturated heterocycles. The number of fused-ring (bicyclic) bond motifs is 1. The topological polar surface area (TPSA) is 132 Å². The van der Waals surface area contributed by atoms with E-state index in [0.29, 0.717) is 35.6 Å². The zero-order valence-electron chi connectivity index (χ0n) is 15.8. The molecule has 10 nitrogen and oxygen atoms in total. The van der Waals surface area contributed by atoms with Crippen molar-refractivity contribution in [3.8, 4) is 11.5 Å². The van der Waals surface area contributed by atoms with Gasteiger partial charge in [-0.2, -0.15) is 0 Å². The van der Waals surface area contributed by atoms with Crippen molar-refractivity contribution in [2.45, 2.75) is 11.7 Å². The second kappa shape index (κ2) is 8.82. The Morgan fingerprint density at radius 2 is 2.03 bits per heavy atom. The Balaban J connectivity index is 1.41. The molecule has 0 spiro atoms. The number of ether oxygens (including phenoxy) is 2. The van der Waals surface area contributed by atoms with Crippen molar-refractivity contribution in [2.24, 2.45) is 4.99 Å². The minimum Gasteiger partial charge on any atom is -0.486 e. The molecule has 1 atom stereocenters. The van der Waals surface area contributed by atoms with Crippen molar-refractivity contribution < 1.29 is 24.0 Å². The van der Waals surface area contributed by atoms with E-state index in [9.17, 15) is 19.7 Å². The molecule has 0 saturated carbocycles. The number of nitro benzene ring substituents is 1. The van der Waals surface area contributed by atoms with Gasteiger partial charge in [-0.15, -0.1) is 0 Å². The average Bonchev–Trinajstić information content (AvgIpc) is 3.07. The van der Waals surface area contributed by atoms with Gasteiger partial charge in [0.15, 0.2) is 16.7 Å². The van der Waals surface area contributed by atoms with E-state index in [2.05, 4.69) is 15.6 Å². The first-order chi connectivity index (χ1) is 14.9. The van der Waals surface area contributed by atoms with Crippen LogP contribution in [-0.2, 0) is 9.59 Å². The number of nitro groups is 1. The molecular formula is C19H15ClN4O6S. The summed E-state index contributed by atoms with van der Waals surface area (Å²) in [5, 5.41) is 15.9. The summed E-state index contributed by atoms with van der Waals surface area (Å²) in [6, 6.07) is 8.90. The molecule has 0 radical (unpaired) electrons. The Kier molecular flexibility index (Phi) is 5.96. The number of nitrogens with zero attached hydrogens (tertiary/aromatic N) is 2. The van der Waals surface area contributed by atoms with E-state index >= 15 is 0 Å². The number of carbonyl (C=O) groups excluding carboxylic acids is 2. The third-order valence-corrected chi connectivity index (χ3v) is 5.75. The van der Waals surface area contributed by atoms with E-state index in [1.165, 1.54) is 12.1 Å². The molecule has 2 heterocycles. The number of hydrogen-bond acceptors (Lipinski definition) is 8. The normalized spacial score (nSPS) is 18.5. The van der Waals surface area contributed by atoms with Crippen LogP contribution in [0.3, 0.4) is 0 Å². The van der Waals surface area contributed by atoms with Crippen LogP contribution in [-0.4, -0.2) is 40.4 Å². The Labute approximate surface area is 185 Å². The Morgan fingerprint density at radius 1 is 1.26 bits per heavy atom. The van der Waals surface area contributed by atoms with Crippen molar-refractivity contribution in [1.29, 1.82) is 0 Å². The summed E-state index contributed by atoms with van der Waals surface area (Å²) in [5.41, 5.74) is 0.469. The molecule has 1 fully saturated rings. The van der Waals surface area contributed by atoms with Crippen LogP contribution in [0.25, 0.3) is 0 Å². The number of aliphatic imine (C=N–C) groups is 1. The van der Waals surface area contributed by atoms with Gasteiger partial charge in [-0.05, 0) is 18.2 Å². The first-order valence-electron chi connectivity index (χ1n) is 9.09. The number of halogens is 1. The number of hydrogen-bond donors (Lipinski definition) is 2. The maximum absolute atomic E-state index is 12.4. The molecule has 0 aliphatic carbocycles. The standard InChI is InChI=1S/C19H15ClN4O6S/c20-12-3-2-11(24(27)28)8-13(12)22-17(25)9-16-18(26)23-19(31-16)21-10-1-4-14-15(7-10)30-6-5-29-14/h1-4,7-8,16H,5-6,9H2,(H,22,25)(H,21,23,26)/t16-/m0/s1. The number of nitrogens with one attached hydrogen (secondary N) is 2. The molecule has 2 N–H and O–H groups in total. The van der Waals surface area contributed by atoms with Gasteiger partial charge in [0.25, 0.3) is 5.69 Å². The minimum atomic E-state index is -0.701. The summed E-state index contributed by atoms with van der Waals surface area (Å²) >= 11 is 7.11. The highest BCUT2D eigenvalue weighted by atomic mass is 35.5. The highest BCUT2D eigenvalue weighted by Gasteiger charge is 2.32. The zero-order valence-corrected chi connectivity index (χ0v) is 17.4. The van der Waals surface area contributed by atoms with Gasteiger partial charge in [-0.25, -0.2) is 4.99 Å². The van der Waals surface area contributed by atoms with Crippen molar-refractivity contribution in [1.82, 2.24) is 5.32 Å². The second-order valence-corrected chi connectivity index (χ2v) is 8.11. The number of amidine groups is 1. The molecule has 2 aliphatic rings. The van der Waals surface area contributed by atoms with E-state index < -0.39 is 16.1 Å². The monoisotopic (exact) mass is 462 g/mol. The summed E-state index contributed by atoms with van der Waals surface area (Å²) in [6.45, 7) is 0.933. The Morgan fingerprint density at radius 3 is 2.81 bits per heavy atom. The smallest absolute Gasteiger partial charge is 0.271 e. The van der Waals surface area contributed by atoms with Crippen LogP contribution in [0.5, 0.6) is 11.5 Å². The SMILES string of the molecule is O=C(C[C@@H]1SC(=Nc2ccc3c(c2)OCCO3)NC1=O)Nc1cc([N+](=O)[O-])ccc1Cl. The molecule has 31 heavy (non-hydrogen) atoms. The van der Waals surface area contributed by atoms with Crippen molar-refractivity contribution in [3.63, 3.8) is 0 Å². The first-order valence-corrected chi connectivity index (χ1v) is 10.3. The molecule has 2 amide bonds. The van der Waals surface area contributed by atoms with E-state index in [0.717, 1.165) is 17.8 Å². The molecule has 4 rings (SSSR count). The minimum absolute atomic E-state index is 0.106. The van der Waals surface area contributed by atoms with Gasteiger partial charge in [0.1, 0.15) is 18.5 Å². The van der Waals surface area contributed by atoms with Gasteiger partial charge in [0.2, 0.25) is 11.8 Å². The molecule has 160 valence electrons. The third kappa shape index (κ3) is 4.89. The molecular weight excluding hydrogens is 448 g/mol. The largest absolute Gasteiger partial charge is 0.486 e. The summed E-state index contributed by atoms with van der Waals surface area (Å²) in [4.78, 5) is 39.3. The highest BCUT2D eigenvalue weighted by Crippen LogP contribution is 2.35. The van der Waals surface area contributed by atoms with Gasteiger partial charge in [-0.1, -0.05) is 23.4 Å². The van der Waals surface area contributed by atoms with E-state index in [1.807, 2.05) is 0 Å². The van der Waals surface area contributed by atoms with E-state index in [4.69, 9.17) is 21.1 Å².